The highest BCUT2D eigenvalue weighted by atomic mass is 127. The Morgan fingerprint density at radius 1 is 1.17 bits per heavy atom. The Morgan fingerprint density at radius 2 is 1.89 bits per heavy atom. The first-order valence-electron chi connectivity index (χ1n) is 5.28. The fourth-order valence-corrected chi connectivity index (χ4v) is 2.29. The van der Waals surface area contributed by atoms with Gasteiger partial charge in [-0.15, -0.1) is 0 Å². The van der Waals surface area contributed by atoms with Crippen molar-refractivity contribution in [2.24, 2.45) is 5.84 Å². The van der Waals surface area contributed by atoms with Gasteiger partial charge >= 0.3 is 0 Å². The molecule has 2 aromatic carbocycles. The van der Waals surface area contributed by atoms with Crippen LogP contribution in [-0.2, 0) is 0 Å². The van der Waals surface area contributed by atoms with Crippen LogP contribution in [0.3, 0.4) is 0 Å². The van der Waals surface area contributed by atoms with Gasteiger partial charge in [-0.25, -0.2) is 9.82 Å². The van der Waals surface area contributed by atoms with E-state index in [0.717, 1.165) is 14.7 Å². The molecule has 0 radical (unpaired) electrons. The van der Waals surface area contributed by atoms with Gasteiger partial charge in [-0.3, -0.25) is 5.84 Å². The third kappa shape index (κ3) is 3.00. The standard InChI is InChI=1S/C13H11ClFIN2/c14-11-7-9(4-5-12(11)16)13(18-17)8-2-1-3-10(15)6-8/h1-7,13,18H,17H2. The molecule has 0 aliphatic carbocycles. The molecule has 0 aromatic heterocycles. The van der Waals surface area contributed by atoms with Crippen LogP contribution in [0, 0.1) is 9.39 Å². The largest absolute Gasteiger partial charge is 0.271 e. The van der Waals surface area contributed by atoms with Crippen LogP contribution in [0.25, 0.3) is 0 Å². The first kappa shape index (κ1) is 13.7. The quantitative estimate of drug-likeness (QED) is 0.488. The zero-order valence-corrected chi connectivity index (χ0v) is 12.2. The lowest BCUT2D eigenvalue weighted by molar-refractivity contribution is 0.605. The van der Waals surface area contributed by atoms with Crippen molar-refractivity contribution in [3.63, 3.8) is 0 Å². The Balaban J connectivity index is 2.42. The summed E-state index contributed by atoms with van der Waals surface area (Å²) < 4.78 is 14.2. The van der Waals surface area contributed by atoms with Crippen LogP contribution in [0.15, 0.2) is 42.5 Å². The third-order valence-corrected chi connectivity index (χ3v) is 4.20. The van der Waals surface area contributed by atoms with E-state index in [1.165, 1.54) is 12.1 Å². The van der Waals surface area contributed by atoms with Crippen molar-refractivity contribution in [3.8, 4) is 0 Å². The van der Waals surface area contributed by atoms with Crippen LogP contribution in [0.2, 0.25) is 5.02 Å². The lowest BCUT2D eigenvalue weighted by atomic mass is 9.99. The molecule has 2 aromatic rings. The van der Waals surface area contributed by atoms with Crippen LogP contribution < -0.4 is 11.3 Å². The second kappa shape index (κ2) is 5.97. The maximum atomic E-state index is 13.2. The maximum absolute atomic E-state index is 13.2. The van der Waals surface area contributed by atoms with Crippen molar-refractivity contribution >= 4 is 34.2 Å². The molecule has 0 aliphatic heterocycles. The van der Waals surface area contributed by atoms with E-state index >= 15 is 0 Å². The summed E-state index contributed by atoms with van der Waals surface area (Å²) in [5.74, 6) is 5.27. The van der Waals surface area contributed by atoms with E-state index < -0.39 is 0 Å². The number of nitrogens with two attached hydrogens (primary N) is 1. The van der Waals surface area contributed by atoms with Gasteiger partial charge in [-0.2, -0.15) is 0 Å². The van der Waals surface area contributed by atoms with Gasteiger partial charge in [0.15, 0.2) is 0 Å². The van der Waals surface area contributed by atoms with E-state index in [9.17, 15) is 4.39 Å². The molecular formula is C13H11ClFIN2. The number of benzene rings is 2. The van der Waals surface area contributed by atoms with Gasteiger partial charge in [0.2, 0.25) is 0 Å². The number of halogens is 3. The minimum atomic E-state index is -0.288. The summed E-state index contributed by atoms with van der Waals surface area (Å²) in [6, 6.07) is 11.7. The van der Waals surface area contributed by atoms with E-state index in [1.54, 1.807) is 6.07 Å². The van der Waals surface area contributed by atoms with Crippen LogP contribution in [0.5, 0.6) is 0 Å². The van der Waals surface area contributed by atoms with Crippen LogP contribution in [0.1, 0.15) is 17.2 Å². The fourth-order valence-electron chi connectivity index (χ4n) is 1.76. The van der Waals surface area contributed by atoms with Gasteiger partial charge in [-0.05, 0) is 58.0 Å². The highest BCUT2D eigenvalue weighted by Gasteiger charge is 2.14. The third-order valence-electron chi connectivity index (χ3n) is 2.63. The second-order valence-electron chi connectivity index (χ2n) is 3.83. The van der Waals surface area contributed by atoms with Crippen molar-refractivity contribution in [3.05, 3.63) is 68.0 Å². The molecule has 0 spiro atoms. The van der Waals surface area contributed by atoms with Gasteiger partial charge in [0.05, 0.1) is 11.1 Å². The van der Waals surface area contributed by atoms with E-state index in [0.29, 0.717) is 5.02 Å². The van der Waals surface area contributed by atoms with E-state index in [2.05, 4.69) is 28.0 Å². The van der Waals surface area contributed by atoms with Gasteiger partial charge in [0.1, 0.15) is 5.82 Å². The zero-order chi connectivity index (χ0) is 13.1. The summed E-state index contributed by atoms with van der Waals surface area (Å²) in [4.78, 5) is 0. The average molecular weight is 377 g/mol. The Bertz CT molecular complexity index is 562. The van der Waals surface area contributed by atoms with Crippen molar-refractivity contribution in [2.45, 2.75) is 6.04 Å². The predicted octanol–water partition coefficient (Wildman–Crippen LogP) is 3.64. The van der Waals surface area contributed by atoms with Gasteiger partial charge in [0, 0.05) is 3.57 Å². The molecule has 0 fully saturated rings. The van der Waals surface area contributed by atoms with Crippen LogP contribution >= 0.6 is 34.2 Å². The summed E-state index contributed by atoms with van der Waals surface area (Å²) >= 11 is 8.24. The van der Waals surface area contributed by atoms with Crippen molar-refractivity contribution in [1.29, 1.82) is 0 Å². The Morgan fingerprint density at radius 3 is 2.50 bits per heavy atom. The molecule has 2 nitrogen and oxygen atoms in total. The summed E-state index contributed by atoms with van der Waals surface area (Å²) in [6.07, 6.45) is 0. The Hall–Kier alpha value is -0.690. The van der Waals surface area contributed by atoms with Crippen molar-refractivity contribution in [1.82, 2.24) is 5.43 Å². The molecule has 0 saturated carbocycles. The highest BCUT2D eigenvalue weighted by molar-refractivity contribution is 14.1. The molecule has 3 N–H and O–H groups in total. The molecule has 94 valence electrons. The van der Waals surface area contributed by atoms with Crippen molar-refractivity contribution in [2.75, 3.05) is 0 Å². The smallest absolute Gasteiger partial charge is 0.123 e. The lowest BCUT2D eigenvalue weighted by Crippen LogP contribution is -2.28. The second-order valence-corrected chi connectivity index (χ2v) is 5.40. The molecule has 0 amide bonds. The Labute approximate surface area is 123 Å². The monoisotopic (exact) mass is 376 g/mol. The highest BCUT2D eigenvalue weighted by Crippen LogP contribution is 2.27. The molecular weight excluding hydrogens is 366 g/mol. The molecule has 18 heavy (non-hydrogen) atoms. The molecule has 0 aliphatic rings. The van der Waals surface area contributed by atoms with Gasteiger partial charge in [0.25, 0.3) is 0 Å². The minimum absolute atomic E-state index is 0.282. The van der Waals surface area contributed by atoms with E-state index in [1.807, 2.05) is 24.3 Å². The number of nitrogens with one attached hydrogen (secondary N) is 1. The normalized spacial score (nSPS) is 12.4. The van der Waals surface area contributed by atoms with Crippen molar-refractivity contribution < 1.29 is 4.39 Å². The van der Waals surface area contributed by atoms with E-state index in [4.69, 9.17) is 17.4 Å². The average Bonchev–Trinajstić information content (AvgIpc) is 2.35. The summed E-state index contributed by atoms with van der Waals surface area (Å²) in [6.45, 7) is 0. The number of hydrogen-bond donors (Lipinski definition) is 2. The van der Waals surface area contributed by atoms with E-state index in [-0.39, 0.29) is 11.9 Å². The number of rotatable bonds is 3. The predicted molar refractivity (Wildman–Crippen MR) is 79.7 cm³/mol. The minimum Gasteiger partial charge on any atom is -0.271 e. The van der Waals surface area contributed by atoms with Crippen LogP contribution in [0.4, 0.5) is 4.39 Å². The van der Waals surface area contributed by atoms with Gasteiger partial charge < -0.3 is 0 Å². The first-order chi connectivity index (χ1) is 8.61. The van der Waals surface area contributed by atoms with Crippen LogP contribution in [-0.4, -0.2) is 0 Å². The number of hydrazine groups is 1. The fraction of sp³-hybridized carbons (Fsp3) is 0.0769. The number of hydrogen-bond acceptors (Lipinski definition) is 2. The zero-order valence-electron chi connectivity index (χ0n) is 9.33. The molecule has 2 rings (SSSR count). The summed E-state index contributed by atoms with van der Waals surface area (Å²) in [7, 11) is 0. The maximum Gasteiger partial charge on any atom is 0.123 e. The molecule has 0 saturated heterocycles. The molecule has 5 heteroatoms. The molecule has 1 unspecified atom stereocenters. The van der Waals surface area contributed by atoms with Gasteiger partial charge in [-0.1, -0.05) is 29.8 Å². The molecule has 1 atom stereocenters. The Kier molecular flexibility index (Phi) is 4.55. The first-order valence-corrected chi connectivity index (χ1v) is 6.74. The SMILES string of the molecule is NNC(c1cccc(F)c1)c1ccc(I)c(Cl)c1. The summed E-state index contributed by atoms with van der Waals surface area (Å²) in [5.41, 5.74) is 4.34. The molecule has 0 bridgehead atoms. The lowest BCUT2D eigenvalue weighted by Gasteiger charge is -2.17. The molecule has 0 heterocycles. The summed E-state index contributed by atoms with van der Waals surface area (Å²) in [5, 5.41) is 0.657. The topological polar surface area (TPSA) is 38.0 Å².